The van der Waals surface area contributed by atoms with Crippen LogP contribution in [0.3, 0.4) is 0 Å². The lowest BCUT2D eigenvalue weighted by Gasteiger charge is -2.07. The first-order valence-electron chi connectivity index (χ1n) is 6.78. The van der Waals surface area contributed by atoms with Crippen molar-refractivity contribution in [2.24, 2.45) is 0 Å². The number of carboxylic acid groups (broad SMARTS) is 2. The number of nitrogens with one attached hydrogen (secondary N) is 2. The molecule has 1 aromatic rings. The molecule has 0 spiro atoms. The summed E-state index contributed by atoms with van der Waals surface area (Å²) in [6.45, 7) is 2.29. The molecule has 0 saturated heterocycles. The summed E-state index contributed by atoms with van der Waals surface area (Å²) in [4.78, 5) is 30.3. The Morgan fingerprint density at radius 3 is 1.96 bits per heavy atom. The molecule has 0 heterocycles. The number of carbonyl (C=O) groups excluding carboxylic acids is 1. The summed E-state index contributed by atoms with van der Waals surface area (Å²) < 4.78 is 25.3. The summed E-state index contributed by atoms with van der Waals surface area (Å²) in [5.41, 5.74) is 0. The minimum Gasteiger partial charge on any atom is -0.478 e. The number of sulfonamides is 1. The van der Waals surface area contributed by atoms with Crippen molar-refractivity contribution in [2.75, 3.05) is 6.54 Å². The van der Waals surface area contributed by atoms with Crippen LogP contribution in [0.25, 0.3) is 0 Å². The van der Waals surface area contributed by atoms with E-state index in [1.807, 2.05) is 11.6 Å². The van der Waals surface area contributed by atoms with Gasteiger partial charge >= 0.3 is 18.0 Å². The van der Waals surface area contributed by atoms with E-state index in [9.17, 15) is 22.8 Å². The van der Waals surface area contributed by atoms with Crippen LogP contribution < -0.4 is 10.0 Å². The normalized spacial score (nSPS) is 10.5. The molecule has 0 radical (unpaired) electrons. The first-order valence-corrected chi connectivity index (χ1v) is 8.64. The highest BCUT2D eigenvalue weighted by molar-refractivity contribution is 7.90. The van der Waals surface area contributed by atoms with Crippen molar-refractivity contribution in [1.82, 2.24) is 10.0 Å². The number of amides is 2. The third-order valence-electron chi connectivity index (χ3n) is 2.26. The molecule has 1 aromatic carbocycles. The van der Waals surface area contributed by atoms with Crippen LogP contribution >= 0.6 is 11.6 Å². The van der Waals surface area contributed by atoms with E-state index in [0.717, 1.165) is 6.42 Å². The summed E-state index contributed by atoms with van der Waals surface area (Å²) in [5, 5.41) is 18.5. The SMILES string of the molecule is CCCNC(=O)NS(=O)(=O)c1ccc(Cl)cc1.O=C(O)/C=C\C(=O)O. The van der Waals surface area contributed by atoms with E-state index in [2.05, 4.69) is 5.32 Å². The quantitative estimate of drug-likeness (QED) is 0.535. The predicted octanol–water partition coefficient (Wildman–Crippen LogP) is 1.45. The van der Waals surface area contributed by atoms with Crippen molar-refractivity contribution >= 4 is 39.6 Å². The first-order chi connectivity index (χ1) is 11.6. The number of aliphatic carboxylic acids is 2. The van der Waals surface area contributed by atoms with Gasteiger partial charge in [-0.3, -0.25) is 0 Å². The lowest BCUT2D eigenvalue weighted by Crippen LogP contribution is -2.39. The summed E-state index contributed by atoms with van der Waals surface area (Å²) in [5.74, 6) is -2.51. The zero-order chi connectivity index (χ0) is 19.5. The van der Waals surface area contributed by atoms with Gasteiger partial charge in [0.25, 0.3) is 10.0 Å². The van der Waals surface area contributed by atoms with Crippen molar-refractivity contribution in [3.8, 4) is 0 Å². The molecule has 0 aliphatic heterocycles. The molecule has 0 aliphatic rings. The Labute approximate surface area is 149 Å². The highest BCUT2D eigenvalue weighted by Gasteiger charge is 2.16. The van der Waals surface area contributed by atoms with Gasteiger partial charge in [0.05, 0.1) is 4.90 Å². The molecular weight excluding hydrogens is 376 g/mol. The maximum atomic E-state index is 11.7. The van der Waals surface area contributed by atoms with Crippen LogP contribution in [-0.4, -0.2) is 43.1 Å². The topological polar surface area (TPSA) is 150 Å². The summed E-state index contributed by atoms with van der Waals surface area (Å²) in [6, 6.07) is 4.82. The molecule has 0 saturated carbocycles. The van der Waals surface area contributed by atoms with E-state index >= 15 is 0 Å². The Morgan fingerprint density at radius 1 is 1.08 bits per heavy atom. The summed E-state index contributed by atoms with van der Waals surface area (Å²) in [7, 11) is -3.83. The smallest absolute Gasteiger partial charge is 0.328 e. The lowest BCUT2D eigenvalue weighted by atomic mass is 10.4. The van der Waals surface area contributed by atoms with Gasteiger partial charge < -0.3 is 15.5 Å². The van der Waals surface area contributed by atoms with Crippen LogP contribution in [-0.2, 0) is 19.6 Å². The molecule has 25 heavy (non-hydrogen) atoms. The fraction of sp³-hybridized carbons (Fsp3) is 0.214. The predicted molar refractivity (Wildman–Crippen MR) is 89.9 cm³/mol. The van der Waals surface area contributed by atoms with Crippen molar-refractivity contribution in [1.29, 1.82) is 0 Å². The van der Waals surface area contributed by atoms with Gasteiger partial charge in [-0.1, -0.05) is 18.5 Å². The van der Waals surface area contributed by atoms with Crippen molar-refractivity contribution < 1.29 is 33.0 Å². The highest BCUT2D eigenvalue weighted by atomic mass is 35.5. The Balaban J connectivity index is 0.000000609. The summed E-state index contributed by atoms with van der Waals surface area (Å²) >= 11 is 5.64. The van der Waals surface area contributed by atoms with E-state index in [0.29, 0.717) is 23.7 Å². The van der Waals surface area contributed by atoms with E-state index < -0.39 is 28.0 Å². The zero-order valence-corrected chi connectivity index (χ0v) is 14.7. The molecule has 1 rings (SSSR count). The van der Waals surface area contributed by atoms with Crippen molar-refractivity contribution in [3.63, 3.8) is 0 Å². The zero-order valence-electron chi connectivity index (χ0n) is 13.1. The molecule has 0 bridgehead atoms. The molecule has 0 aromatic heterocycles. The van der Waals surface area contributed by atoms with Crippen LogP contribution in [0.15, 0.2) is 41.3 Å². The molecular formula is C14H17ClN2O7S. The van der Waals surface area contributed by atoms with E-state index in [1.54, 1.807) is 0 Å². The summed E-state index contributed by atoms with van der Waals surface area (Å²) in [6.07, 6.45) is 1.85. The molecule has 0 fully saturated rings. The van der Waals surface area contributed by atoms with Gasteiger partial charge in [-0.05, 0) is 30.7 Å². The molecule has 11 heteroatoms. The molecule has 2 amide bonds. The average Bonchev–Trinajstić information content (AvgIpc) is 2.51. The van der Waals surface area contributed by atoms with Crippen molar-refractivity contribution in [3.05, 3.63) is 41.4 Å². The number of benzene rings is 1. The fourth-order valence-corrected chi connectivity index (χ4v) is 2.27. The Morgan fingerprint density at radius 2 is 1.56 bits per heavy atom. The fourth-order valence-electron chi connectivity index (χ4n) is 1.21. The third-order valence-corrected chi connectivity index (χ3v) is 3.85. The Bertz CT molecular complexity index is 714. The standard InChI is InChI=1S/C10H13ClN2O3S.C4H4O4/c1-2-7-12-10(14)13-17(15,16)9-5-3-8(11)4-6-9;5-3(6)1-2-4(7)8/h3-6H,2,7H2,1H3,(H2,12,13,14);1-2H,(H,5,6)(H,7,8)/b;2-1-. The minimum absolute atomic E-state index is 0.00597. The second-order valence-electron chi connectivity index (χ2n) is 4.33. The van der Waals surface area contributed by atoms with E-state index in [-0.39, 0.29) is 4.90 Å². The highest BCUT2D eigenvalue weighted by Crippen LogP contribution is 2.13. The van der Waals surface area contributed by atoms with Crippen LogP contribution in [0.4, 0.5) is 4.79 Å². The molecule has 9 nitrogen and oxygen atoms in total. The lowest BCUT2D eigenvalue weighted by molar-refractivity contribution is -0.134. The second kappa shape index (κ2) is 11.0. The number of rotatable bonds is 6. The average molecular weight is 393 g/mol. The third kappa shape index (κ3) is 10.7. The van der Waals surface area contributed by atoms with E-state index in [1.165, 1.54) is 24.3 Å². The molecule has 0 aliphatic carbocycles. The van der Waals surface area contributed by atoms with Gasteiger partial charge in [-0.2, -0.15) is 0 Å². The van der Waals surface area contributed by atoms with Crippen molar-refractivity contribution in [2.45, 2.75) is 18.2 Å². The van der Waals surface area contributed by atoms with Crippen LogP contribution in [0.1, 0.15) is 13.3 Å². The minimum atomic E-state index is -3.83. The van der Waals surface area contributed by atoms with Gasteiger partial charge in [0.15, 0.2) is 0 Å². The number of carbonyl (C=O) groups is 3. The van der Waals surface area contributed by atoms with Crippen LogP contribution in [0, 0.1) is 0 Å². The van der Waals surface area contributed by atoms with Gasteiger partial charge in [0.1, 0.15) is 0 Å². The maximum absolute atomic E-state index is 11.7. The van der Waals surface area contributed by atoms with Gasteiger partial charge in [0.2, 0.25) is 0 Å². The number of hydrogen-bond donors (Lipinski definition) is 4. The van der Waals surface area contributed by atoms with E-state index in [4.69, 9.17) is 21.8 Å². The number of hydrogen-bond acceptors (Lipinski definition) is 5. The van der Waals surface area contributed by atoms with Gasteiger partial charge in [-0.25, -0.2) is 27.5 Å². The Kier molecular flexibility index (Phi) is 9.91. The number of carboxylic acids is 2. The largest absolute Gasteiger partial charge is 0.478 e. The molecule has 4 N–H and O–H groups in total. The molecule has 0 unspecified atom stereocenters. The second-order valence-corrected chi connectivity index (χ2v) is 6.44. The molecule has 0 atom stereocenters. The Hall–Kier alpha value is -2.59. The monoisotopic (exact) mass is 392 g/mol. The van der Waals surface area contributed by atoms with Crippen LogP contribution in [0.5, 0.6) is 0 Å². The van der Waals surface area contributed by atoms with Gasteiger partial charge in [0, 0.05) is 23.7 Å². The first kappa shape index (κ1) is 22.4. The number of halogens is 1. The van der Waals surface area contributed by atoms with Crippen LogP contribution in [0.2, 0.25) is 5.02 Å². The van der Waals surface area contributed by atoms with Gasteiger partial charge in [-0.15, -0.1) is 0 Å². The maximum Gasteiger partial charge on any atom is 0.328 e. The number of urea groups is 1. The molecule has 138 valence electrons.